The molecule has 1 aliphatic heterocycles. The maximum atomic E-state index is 13.1. The first kappa shape index (κ1) is 20.5. The number of methoxy groups -OCH3 is 1. The molecule has 1 aliphatic rings. The van der Waals surface area contributed by atoms with E-state index in [0.29, 0.717) is 22.7 Å². The van der Waals surface area contributed by atoms with Crippen LogP contribution in [-0.2, 0) is 10.2 Å². The largest absolute Gasteiger partial charge is 0.497 e. The summed E-state index contributed by atoms with van der Waals surface area (Å²) in [6.07, 6.45) is 0. The number of ether oxygens (including phenoxy) is 1. The molecular formula is C23H27N3O3. The van der Waals surface area contributed by atoms with Gasteiger partial charge < -0.3 is 20.7 Å². The van der Waals surface area contributed by atoms with Gasteiger partial charge in [-0.1, -0.05) is 45.0 Å². The summed E-state index contributed by atoms with van der Waals surface area (Å²) in [5.74, 6) is 0.437. The number of rotatable bonds is 4. The van der Waals surface area contributed by atoms with Crippen LogP contribution in [-0.4, -0.2) is 19.0 Å². The topological polar surface area (TPSA) is 79.5 Å². The molecule has 3 amide bonds. The fourth-order valence-corrected chi connectivity index (χ4v) is 3.29. The van der Waals surface area contributed by atoms with Crippen LogP contribution in [0.1, 0.15) is 44.9 Å². The van der Waals surface area contributed by atoms with E-state index in [-0.39, 0.29) is 17.4 Å². The van der Waals surface area contributed by atoms with Gasteiger partial charge in [0.05, 0.1) is 18.7 Å². The van der Waals surface area contributed by atoms with Gasteiger partial charge >= 0.3 is 6.03 Å². The third-order valence-corrected chi connectivity index (χ3v) is 4.97. The fourth-order valence-electron chi connectivity index (χ4n) is 3.29. The van der Waals surface area contributed by atoms with E-state index < -0.39 is 6.04 Å². The van der Waals surface area contributed by atoms with Crippen molar-refractivity contribution in [2.45, 2.75) is 39.2 Å². The van der Waals surface area contributed by atoms with Gasteiger partial charge in [-0.2, -0.15) is 0 Å². The lowest BCUT2D eigenvalue weighted by Crippen LogP contribution is -2.46. The summed E-state index contributed by atoms with van der Waals surface area (Å²) in [5.41, 5.74) is 3.72. The van der Waals surface area contributed by atoms with Gasteiger partial charge in [0, 0.05) is 11.4 Å². The van der Waals surface area contributed by atoms with Crippen molar-refractivity contribution < 1.29 is 14.3 Å². The van der Waals surface area contributed by atoms with E-state index in [1.54, 1.807) is 38.3 Å². The molecule has 29 heavy (non-hydrogen) atoms. The third kappa shape index (κ3) is 4.59. The van der Waals surface area contributed by atoms with Gasteiger partial charge in [0.1, 0.15) is 5.75 Å². The zero-order valence-electron chi connectivity index (χ0n) is 17.4. The number of allylic oxidation sites excluding steroid dienone is 1. The molecule has 3 N–H and O–H groups in total. The monoisotopic (exact) mass is 393 g/mol. The van der Waals surface area contributed by atoms with E-state index in [0.717, 1.165) is 5.56 Å². The van der Waals surface area contributed by atoms with Gasteiger partial charge in [0.25, 0.3) is 5.91 Å². The highest BCUT2D eigenvalue weighted by atomic mass is 16.5. The molecule has 1 unspecified atom stereocenters. The maximum absolute atomic E-state index is 13.1. The highest BCUT2D eigenvalue weighted by Crippen LogP contribution is 2.30. The van der Waals surface area contributed by atoms with Crippen LogP contribution in [0.3, 0.4) is 0 Å². The van der Waals surface area contributed by atoms with Crippen molar-refractivity contribution in [3.63, 3.8) is 0 Å². The van der Waals surface area contributed by atoms with Crippen LogP contribution in [0.25, 0.3) is 0 Å². The van der Waals surface area contributed by atoms with Crippen LogP contribution in [0.5, 0.6) is 5.75 Å². The minimum atomic E-state index is -0.531. The first-order chi connectivity index (χ1) is 13.7. The summed E-state index contributed by atoms with van der Waals surface area (Å²) in [7, 11) is 1.59. The predicted molar refractivity (Wildman–Crippen MR) is 114 cm³/mol. The second kappa shape index (κ2) is 7.99. The molecule has 0 aromatic heterocycles. The number of anilines is 1. The van der Waals surface area contributed by atoms with Crippen LogP contribution in [0, 0.1) is 0 Å². The van der Waals surface area contributed by atoms with Crippen LogP contribution in [0.2, 0.25) is 0 Å². The molecule has 0 aliphatic carbocycles. The Balaban J connectivity index is 1.89. The molecule has 152 valence electrons. The highest BCUT2D eigenvalue weighted by molar-refractivity contribution is 6.06. The number of hydrogen-bond acceptors (Lipinski definition) is 3. The summed E-state index contributed by atoms with van der Waals surface area (Å²) in [5, 5.41) is 8.47. The summed E-state index contributed by atoms with van der Waals surface area (Å²) in [6, 6.07) is 14.2. The van der Waals surface area contributed by atoms with Crippen molar-refractivity contribution in [2.24, 2.45) is 0 Å². The molecule has 0 radical (unpaired) electrons. The molecular weight excluding hydrogens is 366 g/mol. The summed E-state index contributed by atoms with van der Waals surface area (Å²) < 4.78 is 5.15. The molecule has 3 rings (SSSR count). The first-order valence-electron chi connectivity index (χ1n) is 9.53. The number of amides is 3. The van der Waals surface area contributed by atoms with Gasteiger partial charge in [-0.15, -0.1) is 0 Å². The Hall–Kier alpha value is -3.28. The van der Waals surface area contributed by atoms with Gasteiger partial charge in [-0.3, -0.25) is 4.79 Å². The molecule has 0 saturated carbocycles. The van der Waals surface area contributed by atoms with Crippen LogP contribution in [0.4, 0.5) is 10.5 Å². The summed E-state index contributed by atoms with van der Waals surface area (Å²) >= 11 is 0. The smallest absolute Gasteiger partial charge is 0.319 e. The number of carbonyl (C=O) groups excluding carboxylic acids is 2. The van der Waals surface area contributed by atoms with Gasteiger partial charge in [0.15, 0.2) is 0 Å². The lowest BCUT2D eigenvalue weighted by molar-refractivity contribution is -0.113. The Labute approximate surface area is 171 Å². The van der Waals surface area contributed by atoms with Crippen LogP contribution >= 0.6 is 0 Å². The van der Waals surface area contributed by atoms with Crippen LogP contribution in [0.15, 0.2) is 59.8 Å². The Bertz CT molecular complexity index is 939. The number of urea groups is 1. The second-order valence-electron chi connectivity index (χ2n) is 8.12. The van der Waals surface area contributed by atoms with E-state index in [9.17, 15) is 9.59 Å². The molecule has 2 aromatic carbocycles. The first-order valence-corrected chi connectivity index (χ1v) is 9.53. The van der Waals surface area contributed by atoms with E-state index in [1.807, 2.05) is 24.3 Å². The lowest BCUT2D eigenvalue weighted by atomic mass is 9.85. The van der Waals surface area contributed by atoms with E-state index >= 15 is 0 Å². The lowest BCUT2D eigenvalue weighted by Gasteiger charge is -2.29. The maximum Gasteiger partial charge on any atom is 0.319 e. The molecule has 1 heterocycles. The average molecular weight is 393 g/mol. The molecule has 0 spiro atoms. The number of benzene rings is 2. The molecule has 0 saturated heterocycles. The average Bonchev–Trinajstić information content (AvgIpc) is 2.67. The minimum Gasteiger partial charge on any atom is -0.497 e. The highest BCUT2D eigenvalue weighted by Gasteiger charge is 2.31. The summed E-state index contributed by atoms with van der Waals surface area (Å²) in [4.78, 5) is 25.1. The van der Waals surface area contributed by atoms with Gasteiger partial charge in [0.2, 0.25) is 0 Å². The third-order valence-electron chi connectivity index (χ3n) is 4.97. The Morgan fingerprint density at radius 1 is 1.03 bits per heavy atom. The van der Waals surface area contributed by atoms with E-state index in [1.165, 1.54) is 5.56 Å². The zero-order chi connectivity index (χ0) is 21.2. The normalized spacial score (nSPS) is 16.7. The minimum absolute atomic E-state index is 0.0240. The molecule has 0 bridgehead atoms. The summed E-state index contributed by atoms with van der Waals surface area (Å²) in [6.45, 7) is 8.17. The van der Waals surface area contributed by atoms with Crippen molar-refractivity contribution in [1.29, 1.82) is 0 Å². The second-order valence-corrected chi connectivity index (χ2v) is 8.12. The zero-order valence-corrected chi connectivity index (χ0v) is 17.4. The Kier molecular flexibility index (Phi) is 5.64. The fraction of sp³-hybridized carbons (Fsp3) is 0.304. The van der Waals surface area contributed by atoms with Crippen LogP contribution < -0.4 is 20.7 Å². The molecule has 6 heteroatoms. The van der Waals surface area contributed by atoms with Crippen molar-refractivity contribution in [2.75, 3.05) is 12.4 Å². The quantitative estimate of drug-likeness (QED) is 0.726. The van der Waals surface area contributed by atoms with Crippen molar-refractivity contribution in [1.82, 2.24) is 10.6 Å². The Morgan fingerprint density at radius 2 is 1.66 bits per heavy atom. The molecule has 1 atom stereocenters. The molecule has 2 aromatic rings. The van der Waals surface area contributed by atoms with Gasteiger partial charge in [-0.05, 0) is 47.7 Å². The number of carbonyl (C=O) groups is 2. The van der Waals surface area contributed by atoms with Crippen molar-refractivity contribution in [3.05, 3.63) is 70.9 Å². The SMILES string of the molecule is COc1ccc(NC(=O)C2=C(C)NC(=O)NC2c2ccc(C(C)(C)C)cc2)cc1. The number of hydrogen-bond donors (Lipinski definition) is 3. The predicted octanol–water partition coefficient (Wildman–Crippen LogP) is 4.26. The van der Waals surface area contributed by atoms with Crippen molar-refractivity contribution in [3.8, 4) is 5.75 Å². The van der Waals surface area contributed by atoms with E-state index in [2.05, 4.69) is 36.7 Å². The van der Waals surface area contributed by atoms with Crippen molar-refractivity contribution >= 4 is 17.6 Å². The molecule has 0 fully saturated rings. The van der Waals surface area contributed by atoms with E-state index in [4.69, 9.17) is 4.74 Å². The standard InChI is InChI=1S/C23H27N3O3/c1-14-19(21(27)25-17-10-12-18(29-5)13-11-17)20(26-22(28)24-14)15-6-8-16(9-7-15)23(2,3)4/h6-13,20H,1-5H3,(H,25,27)(H2,24,26,28). The van der Waals surface area contributed by atoms with Gasteiger partial charge in [-0.25, -0.2) is 4.79 Å². The Morgan fingerprint density at radius 3 is 2.21 bits per heavy atom. The number of nitrogens with one attached hydrogen (secondary N) is 3. The molecule has 6 nitrogen and oxygen atoms in total.